The first-order valence-corrected chi connectivity index (χ1v) is 12.4. The third kappa shape index (κ3) is 4.83. The molecule has 1 aliphatic rings. The number of aromatic nitrogens is 2. The molecule has 0 bridgehead atoms. The molecule has 0 spiro atoms. The third-order valence-corrected chi connectivity index (χ3v) is 8.25. The van der Waals surface area contributed by atoms with Crippen molar-refractivity contribution in [2.45, 2.75) is 17.7 Å². The van der Waals surface area contributed by atoms with E-state index in [9.17, 15) is 13.2 Å². The van der Waals surface area contributed by atoms with E-state index in [-0.39, 0.29) is 33.9 Å². The van der Waals surface area contributed by atoms with Crippen molar-refractivity contribution in [1.29, 1.82) is 0 Å². The van der Waals surface area contributed by atoms with E-state index in [1.165, 1.54) is 16.4 Å². The topological polar surface area (TPSA) is 75.5 Å². The van der Waals surface area contributed by atoms with Crippen LogP contribution in [0.25, 0.3) is 5.69 Å². The molecule has 0 atom stereocenters. The van der Waals surface area contributed by atoms with E-state index >= 15 is 0 Å². The fourth-order valence-corrected chi connectivity index (χ4v) is 6.17. The zero-order chi connectivity index (χ0) is 22.7. The number of piperazine rings is 1. The summed E-state index contributed by atoms with van der Waals surface area (Å²) in [5.74, 6) is -0.00900. The Morgan fingerprint density at radius 3 is 2.25 bits per heavy atom. The predicted octanol–water partition coefficient (Wildman–Crippen LogP) is 3.64. The molecule has 4 rings (SSSR count). The molecule has 0 unspecified atom stereocenters. The van der Waals surface area contributed by atoms with Crippen LogP contribution in [0.3, 0.4) is 0 Å². The van der Waals surface area contributed by atoms with Gasteiger partial charge in [0.1, 0.15) is 4.90 Å². The number of nitrogens with zero attached hydrogens (tertiary/aromatic N) is 4. The maximum absolute atomic E-state index is 13.0. The number of carbonyl (C=O) groups excluding carboxylic acids is 1. The second kappa shape index (κ2) is 9.62. The lowest BCUT2D eigenvalue weighted by Crippen LogP contribution is -2.50. The van der Waals surface area contributed by atoms with Crippen molar-refractivity contribution in [2.75, 3.05) is 26.2 Å². The molecule has 0 radical (unpaired) electrons. The Morgan fingerprint density at radius 2 is 1.59 bits per heavy atom. The average Bonchev–Trinajstić information content (AvgIpc) is 3.27. The summed E-state index contributed by atoms with van der Waals surface area (Å²) < 4.78 is 29.1. The summed E-state index contributed by atoms with van der Waals surface area (Å²) >= 11 is 12.2. The smallest absolute Gasteiger partial charge is 0.246 e. The quantitative estimate of drug-likeness (QED) is 0.526. The van der Waals surface area contributed by atoms with Crippen molar-refractivity contribution in [3.05, 3.63) is 76.5 Å². The number of hydrogen-bond donors (Lipinski definition) is 0. The number of sulfonamides is 1. The van der Waals surface area contributed by atoms with Crippen LogP contribution < -0.4 is 0 Å². The van der Waals surface area contributed by atoms with Crippen LogP contribution in [0.1, 0.15) is 12.0 Å². The summed E-state index contributed by atoms with van der Waals surface area (Å²) in [6, 6.07) is 14.4. The molecular weight excluding hydrogens is 471 g/mol. The molecule has 2 aromatic carbocycles. The molecule has 32 heavy (non-hydrogen) atoms. The highest BCUT2D eigenvalue weighted by Gasteiger charge is 2.32. The molecule has 2 heterocycles. The Bertz CT molecular complexity index is 1190. The van der Waals surface area contributed by atoms with Gasteiger partial charge in [0.05, 0.1) is 21.9 Å². The molecule has 1 fully saturated rings. The van der Waals surface area contributed by atoms with E-state index in [0.29, 0.717) is 25.9 Å². The average molecular weight is 493 g/mol. The van der Waals surface area contributed by atoms with Gasteiger partial charge in [-0.1, -0.05) is 47.5 Å². The van der Waals surface area contributed by atoms with Gasteiger partial charge in [-0.25, -0.2) is 13.1 Å². The van der Waals surface area contributed by atoms with E-state index < -0.39 is 10.0 Å². The number of carbonyl (C=O) groups is 1. The first-order valence-electron chi connectivity index (χ1n) is 10.2. The van der Waals surface area contributed by atoms with Crippen molar-refractivity contribution in [1.82, 2.24) is 19.0 Å². The molecule has 0 N–H and O–H groups in total. The zero-order valence-corrected chi connectivity index (χ0v) is 19.5. The Kier molecular flexibility index (Phi) is 6.85. The largest absolute Gasteiger partial charge is 0.340 e. The molecular formula is C22H22Cl2N4O3S. The highest BCUT2D eigenvalue weighted by atomic mass is 35.5. The number of halogens is 2. The van der Waals surface area contributed by atoms with Crippen molar-refractivity contribution in [2.24, 2.45) is 0 Å². The van der Waals surface area contributed by atoms with Gasteiger partial charge in [-0.3, -0.25) is 4.79 Å². The zero-order valence-electron chi connectivity index (χ0n) is 17.2. The number of hydrogen-bond acceptors (Lipinski definition) is 4. The SMILES string of the molecule is O=C(CCc1cnn(-c2ccccc2)c1)N1CCN(S(=O)(=O)c2c(Cl)cccc2Cl)CC1. The number of rotatable bonds is 6. The van der Waals surface area contributed by atoms with E-state index in [1.54, 1.807) is 21.8 Å². The van der Waals surface area contributed by atoms with Crippen molar-refractivity contribution < 1.29 is 13.2 Å². The van der Waals surface area contributed by atoms with Crippen molar-refractivity contribution in [3.63, 3.8) is 0 Å². The van der Waals surface area contributed by atoms with Crippen LogP contribution in [-0.4, -0.2) is 59.5 Å². The molecule has 1 aliphatic heterocycles. The van der Waals surface area contributed by atoms with Gasteiger partial charge in [0.15, 0.2) is 0 Å². The molecule has 3 aromatic rings. The first-order chi connectivity index (χ1) is 15.4. The maximum atomic E-state index is 13.0. The minimum atomic E-state index is -3.83. The Hall–Kier alpha value is -2.39. The minimum absolute atomic E-state index is 0.00900. The highest BCUT2D eigenvalue weighted by Crippen LogP contribution is 2.31. The van der Waals surface area contributed by atoms with Crippen LogP contribution in [0.15, 0.2) is 65.8 Å². The molecule has 10 heteroatoms. The van der Waals surface area contributed by atoms with E-state index in [4.69, 9.17) is 23.2 Å². The molecule has 0 aliphatic carbocycles. The monoisotopic (exact) mass is 492 g/mol. The molecule has 1 saturated heterocycles. The second-order valence-corrected chi connectivity index (χ2v) is 10.2. The Labute approximate surface area is 197 Å². The van der Waals surface area contributed by atoms with Gasteiger partial charge in [0, 0.05) is 38.8 Å². The molecule has 0 saturated carbocycles. The van der Waals surface area contributed by atoms with Crippen LogP contribution in [0.4, 0.5) is 0 Å². The van der Waals surface area contributed by atoms with Gasteiger partial charge in [-0.2, -0.15) is 9.40 Å². The van der Waals surface area contributed by atoms with Gasteiger partial charge < -0.3 is 4.90 Å². The lowest BCUT2D eigenvalue weighted by atomic mass is 10.2. The Balaban J connectivity index is 1.33. The highest BCUT2D eigenvalue weighted by molar-refractivity contribution is 7.89. The number of para-hydroxylation sites is 1. The predicted molar refractivity (Wildman–Crippen MR) is 124 cm³/mol. The molecule has 1 amide bonds. The summed E-state index contributed by atoms with van der Waals surface area (Å²) in [6.45, 7) is 1.04. The number of aryl methyl sites for hydroxylation is 1. The van der Waals surface area contributed by atoms with Crippen molar-refractivity contribution in [3.8, 4) is 5.69 Å². The number of amides is 1. The standard InChI is InChI=1S/C22H22Cl2N4O3S/c23-19-7-4-8-20(24)22(19)32(30,31)27-13-11-26(12-14-27)21(29)10-9-17-15-25-28(16-17)18-5-2-1-3-6-18/h1-8,15-16H,9-14H2. The summed E-state index contributed by atoms with van der Waals surface area (Å²) in [7, 11) is -3.83. The fraction of sp³-hybridized carbons (Fsp3) is 0.273. The van der Waals surface area contributed by atoms with Gasteiger partial charge in [-0.05, 0) is 36.2 Å². The summed E-state index contributed by atoms with van der Waals surface area (Å²) in [5, 5.41) is 4.53. The van der Waals surface area contributed by atoms with Crippen LogP contribution in [-0.2, 0) is 21.2 Å². The molecule has 168 valence electrons. The lowest BCUT2D eigenvalue weighted by molar-refractivity contribution is -0.132. The van der Waals surface area contributed by atoms with Crippen LogP contribution in [0.2, 0.25) is 10.0 Å². The summed E-state index contributed by atoms with van der Waals surface area (Å²) in [5.41, 5.74) is 1.93. The van der Waals surface area contributed by atoms with Crippen LogP contribution in [0, 0.1) is 0 Å². The van der Waals surface area contributed by atoms with Gasteiger partial charge >= 0.3 is 0 Å². The lowest BCUT2D eigenvalue weighted by Gasteiger charge is -2.34. The van der Waals surface area contributed by atoms with E-state index in [0.717, 1.165) is 11.3 Å². The maximum Gasteiger partial charge on any atom is 0.246 e. The summed E-state index contributed by atoms with van der Waals surface area (Å²) in [6.07, 6.45) is 4.58. The van der Waals surface area contributed by atoms with Crippen molar-refractivity contribution >= 4 is 39.1 Å². The van der Waals surface area contributed by atoms with Gasteiger partial charge in [-0.15, -0.1) is 0 Å². The first kappa shape index (κ1) is 22.8. The van der Waals surface area contributed by atoms with Crippen LogP contribution in [0.5, 0.6) is 0 Å². The Morgan fingerprint density at radius 1 is 0.938 bits per heavy atom. The van der Waals surface area contributed by atoms with Gasteiger partial charge in [0.25, 0.3) is 0 Å². The van der Waals surface area contributed by atoms with Crippen LogP contribution >= 0.6 is 23.2 Å². The second-order valence-electron chi connectivity index (χ2n) is 7.46. The van der Waals surface area contributed by atoms with E-state index in [1.807, 2.05) is 36.5 Å². The minimum Gasteiger partial charge on any atom is -0.340 e. The summed E-state index contributed by atoms with van der Waals surface area (Å²) in [4.78, 5) is 14.3. The van der Waals surface area contributed by atoms with E-state index in [2.05, 4.69) is 5.10 Å². The molecule has 1 aromatic heterocycles. The normalized spacial score (nSPS) is 15.1. The number of benzene rings is 2. The molecule has 7 nitrogen and oxygen atoms in total. The third-order valence-electron chi connectivity index (χ3n) is 5.39. The van der Waals surface area contributed by atoms with Gasteiger partial charge in [0.2, 0.25) is 15.9 Å². The fourth-order valence-electron chi connectivity index (χ4n) is 3.66.